The van der Waals surface area contributed by atoms with Crippen LogP contribution in [0.3, 0.4) is 0 Å². The molecular weight excluding hydrogens is 963 g/mol. The van der Waals surface area contributed by atoms with Crippen LogP contribution in [0.2, 0.25) is 0 Å². The van der Waals surface area contributed by atoms with Crippen LogP contribution in [0, 0.1) is 76.0 Å². The molecule has 0 spiro atoms. The third-order valence-corrected chi connectivity index (χ3v) is 14.3. The van der Waals surface area contributed by atoms with Crippen molar-refractivity contribution in [2.24, 2.45) is 33.6 Å². The number of allylic oxidation sites excluding steroid dienone is 19. The second-order valence-corrected chi connectivity index (χ2v) is 22.2. The fraction of sp³-hybridized carbons (Fsp3) is 0.481. The van der Waals surface area contributed by atoms with Crippen LogP contribution in [0.5, 0.6) is 0 Å². The molecule has 0 bridgehead atoms. The van der Waals surface area contributed by atoms with E-state index in [9.17, 15) is 0 Å². The van der Waals surface area contributed by atoms with Crippen LogP contribution in [-0.2, 0) is 0 Å². The Bertz CT molecular complexity index is 2480. The van der Waals surface area contributed by atoms with E-state index in [1.165, 1.54) is 91.9 Å². The summed E-state index contributed by atoms with van der Waals surface area (Å²) in [6, 6.07) is 21.7. The number of fused-ring (bicyclic) bond motifs is 1. The first-order valence-electron chi connectivity index (χ1n) is 30.6. The second kappa shape index (κ2) is 46.0. The van der Waals surface area contributed by atoms with Gasteiger partial charge in [0.05, 0.1) is 5.71 Å². The number of aryl methyl sites for hydroxylation is 4. The Morgan fingerprint density at radius 1 is 0.662 bits per heavy atom. The maximum Gasteiger partial charge on any atom is 0.0507 e. The van der Waals surface area contributed by atoms with Crippen LogP contribution in [0.4, 0.5) is 0 Å². The van der Waals surface area contributed by atoms with Crippen molar-refractivity contribution in [1.29, 1.82) is 0 Å². The van der Waals surface area contributed by atoms with Crippen molar-refractivity contribution in [1.82, 2.24) is 0 Å². The van der Waals surface area contributed by atoms with Crippen molar-refractivity contribution in [2.45, 2.75) is 225 Å². The summed E-state index contributed by atoms with van der Waals surface area (Å²) in [5, 5.41) is 0. The molecule has 0 amide bonds. The number of terminal acetylenes is 1. The molecule has 1 heteroatoms. The number of unbranched alkanes of at least 4 members (excludes halogenated alkanes) is 1. The Morgan fingerprint density at radius 3 is 1.61 bits per heavy atom. The van der Waals surface area contributed by atoms with Crippen molar-refractivity contribution < 1.29 is 0 Å². The lowest BCUT2D eigenvalue weighted by Crippen LogP contribution is -2.30. The highest BCUT2D eigenvalue weighted by Gasteiger charge is 2.53. The number of aliphatic imine (C=N–C) groups is 1. The summed E-state index contributed by atoms with van der Waals surface area (Å²) in [5.41, 5.74) is 20.7. The third-order valence-electron chi connectivity index (χ3n) is 14.3. The maximum absolute atomic E-state index is 5.33. The number of rotatable bonds is 13. The summed E-state index contributed by atoms with van der Waals surface area (Å²) in [6.07, 6.45) is 40.4. The van der Waals surface area contributed by atoms with Crippen LogP contribution in [0.25, 0.3) is 5.57 Å². The summed E-state index contributed by atoms with van der Waals surface area (Å²) in [6.45, 7) is 64.7. The van der Waals surface area contributed by atoms with Gasteiger partial charge in [0.15, 0.2) is 0 Å². The topological polar surface area (TPSA) is 12.4 Å². The van der Waals surface area contributed by atoms with Gasteiger partial charge in [-0.2, -0.15) is 0 Å². The van der Waals surface area contributed by atoms with Gasteiger partial charge in [-0.15, -0.1) is 12.8 Å². The van der Waals surface area contributed by atoms with Crippen molar-refractivity contribution >= 4 is 11.3 Å². The Morgan fingerprint density at radius 2 is 1.16 bits per heavy atom. The van der Waals surface area contributed by atoms with E-state index in [0.29, 0.717) is 29.1 Å². The van der Waals surface area contributed by atoms with Crippen molar-refractivity contribution in [2.75, 3.05) is 0 Å². The average Bonchev–Trinajstić information content (AvgIpc) is 3.64. The zero-order chi connectivity index (χ0) is 62.8. The van der Waals surface area contributed by atoms with Gasteiger partial charge >= 0.3 is 0 Å². The number of hydrogen-bond donors (Lipinski definition) is 0. The summed E-state index contributed by atoms with van der Waals surface area (Å²) in [4.78, 5) is 5.33. The van der Waals surface area contributed by atoms with E-state index >= 15 is 0 Å². The Balaban J connectivity index is -0.000000497. The van der Waals surface area contributed by atoms with E-state index in [1.807, 2.05) is 92.7 Å². The molecule has 3 atom stereocenters. The second-order valence-electron chi connectivity index (χ2n) is 22.2. The van der Waals surface area contributed by atoms with Crippen molar-refractivity contribution in [3.05, 3.63) is 219 Å². The van der Waals surface area contributed by atoms with E-state index in [1.54, 1.807) is 5.57 Å². The normalized spacial score (nSPS) is 16.5. The van der Waals surface area contributed by atoms with Gasteiger partial charge in [-0.3, -0.25) is 4.99 Å². The van der Waals surface area contributed by atoms with E-state index < -0.39 is 0 Å². The molecule has 5 rings (SSSR count). The molecule has 3 aromatic rings. The molecule has 3 unspecified atom stereocenters. The summed E-state index contributed by atoms with van der Waals surface area (Å²) < 4.78 is 0. The van der Waals surface area contributed by atoms with E-state index in [0.717, 1.165) is 12.0 Å². The lowest BCUT2D eigenvalue weighted by molar-refractivity contribution is 0.144. The molecular formula is C79H123N. The van der Waals surface area contributed by atoms with E-state index in [4.69, 9.17) is 4.99 Å². The lowest BCUT2D eigenvalue weighted by Gasteiger charge is -2.38. The van der Waals surface area contributed by atoms with Crippen molar-refractivity contribution in [3.8, 4) is 12.8 Å². The molecule has 1 saturated carbocycles. The van der Waals surface area contributed by atoms with Gasteiger partial charge in [0.1, 0.15) is 0 Å². The highest BCUT2D eigenvalue weighted by Crippen LogP contribution is 2.62. The fourth-order valence-corrected chi connectivity index (χ4v) is 9.38. The molecule has 0 saturated heterocycles. The first-order chi connectivity index (χ1) is 37.8. The molecule has 2 aliphatic rings. The molecule has 0 heterocycles. The zero-order valence-electron chi connectivity index (χ0n) is 57.2. The SMILES string of the molecule is C#C.C/C=C\C=C\C.C=C(C)/C=C\C=C(/C)c1ccccc1C(C)C=C/C=C\C=C(C)C.CC.CC.CC.CC1=C(N=C(c2ccccc2C)C(C)C)CC2C(=C1)C(C)(C)CC2(C)C(C)C.CCCC.Cc1cc(C)c(C)c(C)c1. The molecule has 444 valence electrons. The Hall–Kier alpha value is -5.71. The quantitative estimate of drug-likeness (QED) is 0.0919. The minimum absolute atomic E-state index is 0.289. The van der Waals surface area contributed by atoms with Gasteiger partial charge in [0.2, 0.25) is 0 Å². The first-order valence-corrected chi connectivity index (χ1v) is 30.6. The minimum atomic E-state index is 0.289. The van der Waals surface area contributed by atoms with Crippen molar-refractivity contribution in [3.63, 3.8) is 0 Å². The Kier molecular flexibility index (Phi) is 46.4. The predicted molar refractivity (Wildman–Crippen MR) is 372 cm³/mol. The van der Waals surface area contributed by atoms with Gasteiger partial charge in [0, 0.05) is 5.70 Å². The number of hydrogen-bond acceptors (Lipinski definition) is 1. The average molecular weight is 1090 g/mol. The summed E-state index contributed by atoms with van der Waals surface area (Å²) in [7, 11) is 0. The molecule has 0 radical (unpaired) electrons. The van der Waals surface area contributed by atoms with Gasteiger partial charge in [-0.1, -0.05) is 292 Å². The molecule has 2 aliphatic carbocycles. The van der Waals surface area contributed by atoms with Crippen LogP contribution >= 0.6 is 0 Å². The third kappa shape index (κ3) is 30.2. The zero-order valence-corrected chi connectivity index (χ0v) is 57.2. The largest absolute Gasteiger partial charge is 0.257 e. The van der Waals surface area contributed by atoms with Crippen LogP contribution in [0.1, 0.15) is 235 Å². The number of nitrogens with zero attached hydrogens (tertiary/aromatic N) is 1. The molecule has 80 heavy (non-hydrogen) atoms. The lowest BCUT2D eigenvalue weighted by atomic mass is 9.67. The molecule has 3 aromatic carbocycles. The molecule has 0 N–H and O–H groups in total. The molecule has 0 aliphatic heterocycles. The van der Waals surface area contributed by atoms with Gasteiger partial charge < -0.3 is 0 Å². The first kappa shape index (κ1) is 80.8. The molecule has 1 nitrogen and oxygen atoms in total. The summed E-state index contributed by atoms with van der Waals surface area (Å²) >= 11 is 0. The smallest absolute Gasteiger partial charge is 0.0507 e. The van der Waals surface area contributed by atoms with Gasteiger partial charge in [-0.25, -0.2) is 0 Å². The van der Waals surface area contributed by atoms with E-state index in [2.05, 4.69) is 260 Å². The van der Waals surface area contributed by atoms with E-state index in [-0.39, 0.29) is 5.41 Å². The van der Waals surface area contributed by atoms with Gasteiger partial charge in [-0.05, 0) is 181 Å². The predicted octanol–water partition coefficient (Wildman–Crippen LogP) is 25.4. The van der Waals surface area contributed by atoms with Crippen LogP contribution in [0.15, 0.2) is 179 Å². The van der Waals surface area contributed by atoms with Crippen LogP contribution < -0.4 is 0 Å². The molecule has 0 aromatic heterocycles. The highest BCUT2D eigenvalue weighted by atomic mass is 14.8. The van der Waals surface area contributed by atoms with Gasteiger partial charge in [0.25, 0.3) is 0 Å². The highest BCUT2D eigenvalue weighted by molar-refractivity contribution is 6.03. The summed E-state index contributed by atoms with van der Waals surface area (Å²) in [5.74, 6) is 2.05. The monoisotopic (exact) mass is 1090 g/mol. The minimum Gasteiger partial charge on any atom is -0.257 e. The molecule has 1 fully saturated rings. The number of benzene rings is 3. The maximum atomic E-state index is 5.33. The van der Waals surface area contributed by atoms with Crippen LogP contribution in [-0.4, -0.2) is 5.71 Å². The standard InChI is InChI=1S/C27H39N.C24H30.C10H14.C6H10.C4H10.3C2H6.C2H2/c1-17(2)25(21-13-11-10-12-19(21)5)28-24-15-23-22(14-20(24)6)26(7,8)16-27(23,9)18(3)4;1-19(2)13-8-7-9-15-21(5)23-17-10-11-18-24(23)22(6)16-12-14-20(3)4;1-7-5-8(2)10(4)9(3)6-7;1-3-5-6-4-2;1-3-4-2;4*1-2/h10-14,17-18,23H,15-16H2,1-9H3;7-18,21H,3H2,1-2,4-6H3;5-6H,1-4H3;3-6H,1-2H3;3-4H2,1-2H3;3*1-2H3;1-2H/b;8-7-,14-12-,15-9?,22-16+;;5-3-,6-4+;;;;;. The fourth-order valence-electron chi connectivity index (χ4n) is 9.38. The Labute approximate surface area is 499 Å².